The first-order valence-corrected chi connectivity index (χ1v) is 7.75. The fourth-order valence-electron chi connectivity index (χ4n) is 3.04. The summed E-state index contributed by atoms with van der Waals surface area (Å²) < 4.78 is 18.3. The summed E-state index contributed by atoms with van der Waals surface area (Å²) >= 11 is 6.12. The summed E-state index contributed by atoms with van der Waals surface area (Å²) in [6, 6.07) is 4.12. The number of nitrogens with one attached hydrogen (secondary N) is 1. The molecule has 0 aromatic heterocycles. The molecule has 0 aliphatic heterocycles. The van der Waals surface area contributed by atoms with Crippen molar-refractivity contribution in [3.05, 3.63) is 29.6 Å². The van der Waals surface area contributed by atoms with Crippen LogP contribution in [-0.2, 0) is 0 Å². The summed E-state index contributed by atoms with van der Waals surface area (Å²) in [7, 11) is 1.38. The van der Waals surface area contributed by atoms with Crippen LogP contribution in [0.1, 0.15) is 43.0 Å². The fourth-order valence-corrected chi connectivity index (χ4v) is 3.35. The van der Waals surface area contributed by atoms with Gasteiger partial charge in [-0.2, -0.15) is 0 Å². The van der Waals surface area contributed by atoms with Crippen LogP contribution in [0.2, 0.25) is 0 Å². The molecule has 1 aromatic rings. The van der Waals surface area contributed by atoms with Crippen LogP contribution in [0.15, 0.2) is 18.2 Å². The molecule has 0 spiro atoms. The lowest BCUT2D eigenvalue weighted by Crippen LogP contribution is -2.52. The van der Waals surface area contributed by atoms with Gasteiger partial charge in [0.25, 0.3) is 5.91 Å². The van der Waals surface area contributed by atoms with E-state index in [1.165, 1.54) is 31.7 Å². The number of amides is 1. The SMILES string of the molecule is COc1cc(C(=O)NC2(CCl)CCCC(C)C2)ccc1F. The summed E-state index contributed by atoms with van der Waals surface area (Å²) in [4.78, 5) is 12.4. The van der Waals surface area contributed by atoms with Gasteiger partial charge in [0.15, 0.2) is 11.6 Å². The van der Waals surface area contributed by atoms with Crippen LogP contribution in [0, 0.1) is 11.7 Å². The second-order valence-corrected chi connectivity index (χ2v) is 6.19. The van der Waals surface area contributed by atoms with Crippen molar-refractivity contribution < 1.29 is 13.9 Å². The molecule has 1 aromatic carbocycles. The summed E-state index contributed by atoms with van der Waals surface area (Å²) in [6.45, 7) is 2.17. The summed E-state index contributed by atoms with van der Waals surface area (Å²) in [6.07, 6.45) is 3.98. The first-order valence-electron chi connectivity index (χ1n) is 7.22. The number of benzene rings is 1. The predicted molar refractivity (Wildman–Crippen MR) is 81.5 cm³/mol. The number of hydrogen-bond donors (Lipinski definition) is 1. The van der Waals surface area contributed by atoms with Crippen molar-refractivity contribution in [1.82, 2.24) is 5.32 Å². The first kappa shape index (κ1) is 16.1. The maximum absolute atomic E-state index is 13.4. The standard InChI is InChI=1S/C16H21ClFNO2/c1-11-4-3-7-16(9-11,10-17)19-15(20)12-5-6-13(18)14(8-12)21-2/h5-6,8,11H,3-4,7,9-10H2,1-2H3,(H,19,20). The third-order valence-corrected chi connectivity index (χ3v) is 4.65. The highest BCUT2D eigenvalue weighted by molar-refractivity contribution is 6.19. The minimum atomic E-state index is -0.479. The molecule has 0 saturated heterocycles. The zero-order chi connectivity index (χ0) is 15.5. The molecule has 2 unspecified atom stereocenters. The Morgan fingerprint density at radius 1 is 1.57 bits per heavy atom. The van der Waals surface area contributed by atoms with Crippen LogP contribution in [0.4, 0.5) is 4.39 Å². The Hall–Kier alpha value is -1.29. The third kappa shape index (κ3) is 3.67. The van der Waals surface area contributed by atoms with Gasteiger partial charge in [-0.05, 0) is 37.0 Å². The van der Waals surface area contributed by atoms with Crippen LogP contribution >= 0.6 is 11.6 Å². The molecule has 1 amide bonds. The Kier molecular flexibility index (Phi) is 5.09. The topological polar surface area (TPSA) is 38.3 Å². The Labute approximate surface area is 129 Å². The van der Waals surface area contributed by atoms with Crippen LogP contribution in [0.5, 0.6) is 5.75 Å². The molecule has 3 nitrogen and oxygen atoms in total. The van der Waals surface area contributed by atoms with E-state index in [4.69, 9.17) is 16.3 Å². The average molecular weight is 314 g/mol. The van der Waals surface area contributed by atoms with E-state index in [-0.39, 0.29) is 17.2 Å². The van der Waals surface area contributed by atoms with E-state index in [1.807, 2.05) is 0 Å². The van der Waals surface area contributed by atoms with Crippen molar-refractivity contribution in [2.45, 2.75) is 38.1 Å². The Morgan fingerprint density at radius 2 is 2.33 bits per heavy atom. The van der Waals surface area contributed by atoms with Crippen LogP contribution in [0.3, 0.4) is 0 Å². The van der Waals surface area contributed by atoms with Crippen LogP contribution in [-0.4, -0.2) is 24.4 Å². The van der Waals surface area contributed by atoms with Gasteiger partial charge in [-0.1, -0.05) is 19.8 Å². The number of rotatable bonds is 4. The van der Waals surface area contributed by atoms with Gasteiger partial charge in [0.05, 0.1) is 12.6 Å². The lowest BCUT2D eigenvalue weighted by atomic mass is 9.77. The molecule has 1 aliphatic carbocycles. The molecule has 21 heavy (non-hydrogen) atoms. The van der Waals surface area contributed by atoms with Crippen LogP contribution < -0.4 is 10.1 Å². The number of hydrogen-bond acceptors (Lipinski definition) is 2. The summed E-state index contributed by atoms with van der Waals surface area (Å²) in [5.41, 5.74) is 0.0220. The number of carbonyl (C=O) groups excluding carboxylic acids is 1. The molecule has 0 heterocycles. The van der Waals surface area contributed by atoms with Crippen molar-refractivity contribution in [2.24, 2.45) is 5.92 Å². The first-order chi connectivity index (χ1) is 9.99. The van der Waals surface area contributed by atoms with Gasteiger partial charge in [-0.25, -0.2) is 4.39 Å². The van der Waals surface area contributed by atoms with E-state index in [0.29, 0.717) is 17.4 Å². The zero-order valence-electron chi connectivity index (χ0n) is 12.4. The Bertz CT molecular complexity index is 523. The molecule has 2 rings (SSSR count). The highest BCUT2D eigenvalue weighted by Crippen LogP contribution is 2.33. The number of methoxy groups -OCH3 is 1. The molecule has 5 heteroatoms. The second kappa shape index (κ2) is 6.65. The maximum atomic E-state index is 13.4. The minimum Gasteiger partial charge on any atom is -0.494 e. The lowest BCUT2D eigenvalue weighted by Gasteiger charge is -2.39. The van der Waals surface area contributed by atoms with Crippen molar-refractivity contribution in [1.29, 1.82) is 0 Å². The molecule has 1 saturated carbocycles. The quantitative estimate of drug-likeness (QED) is 0.860. The maximum Gasteiger partial charge on any atom is 0.251 e. The molecule has 1 N–H and O–H groups in total. The Balaban J connectivity index is 2.16. The van der Waals surface area contributed by atoms with Crippen LogP contribution in [0.25, 0.3) is 0 Å². The Morgan fingerprint density at radius 3 is 2.95 bits per heavy atom. The van der Waals surface area contributed by atoms with Crippen molar-refractivity contribution in [2.75, 3.05) is 13.0 Å². The van der Waals surface area contributed by atoms with E-state index in [9.17, 15) is 9.18 Å². The van der Waals surface area contributed by atoms with Crippen molar-refractivity contribution >= 4 is 17.5 Å². The molecule has 0 bridgehead atoms. The second-order valence-electron chi connectivity index (χ2n) is 5.92. The number of ether oxygens (including phenoxy) is 1. The zero-order valence-corrected chi connectivity index (χ0v) is 13.2. The molecule has 1 aliphatic rings. The number of alkyl halides is 1. The smallest absolute Gasteiger partial charge is 0.251 e. The van der Waals surface area contributed by atoms with E-state index in [0.717, 1.165) is 19.3 Å². The molecule has 2 atom stereocenters. The van der Waals surface area contributed by atoms with Gasteiger partial charge >= 0.3 is 0 Å². The predicted octanol–water partition coefficient (Wildman–Crippen LogP) is 3.75. The molecule has 0 radical (unpaired) electrons. The molecule has 116 valence electrons. The van der Waals surface area contributed by atoms with Gasteiger partial charge < -0.3 is 10.1 Å². The normalized spacial score (nSPS) is 25.4. The average Bonchev–Trinajstić information content (AvgIpc) is 2.47. The van der Waals surface area contributed by atoms with Crippen molar-refractivity contribution in [3.63, 3.8) is 0 Å². The van der Waals surface area contributed by atoms with E-state index < -0.39 is 5.82 Å². The van der Waals surface area contributed by atoms with E-state index in [1.54, 1.807) is 0 Å². The highest BCUT2D eigenvalue weighted by Gasteiger charge is 2.35. The fraction of sp³-hybridized carbons (Fsp3) is 0.562. The van der Waals surface area contributed by atoms with E-state index >= 15 is 0 Å². The largest absolute Gasteiger partial charge is 0.494 e. The summed E-state index contributed by atoms with van der Waals surface area (Å²) in [5, 5.41) is 3.05. The molecular formula is C16H21ClFNO2. The summed E-state index contributed by atoms with van der Waals surface area (Å²) in [5.74, 6) is 0.289. The van der Waals surface area contributed by atoms with Crippen molar-refractivity contribution in [3.8, 4) is 5.75 Å². The van der Waals surface area contributed by atoms with Gasteiger partial charge in [0.2, 0.25) is 0 Å². The highest BCUT2D eigenvalue weighted by atomic mass is 35.5. The van der Waals surface area contributed by atoms with E-state index in [2.05, 4.69) is 12.2 Å². The van der Waals surface area contributed by atoms with Gasteiger partial charge in [0.1, 0.15) is 0 Å². The number of halogens is 2. The van der Waals surface area contributed by atoms with Gasteiger partial charge in [0, 0.05) is 11.4 Å². The van der Waals surface area contributed by atoms with Gasteiger partial charge in [-0.15, -0.1) is 11.6 Å². The molecular weight excluding hydrogens is 293 g/mol. The minimum absolute atomic E-state index is 0.0691. The number of carbonyl (C=O) groups is 1. The lowest BCUT2D eigenvalue weighted by molar-refractivity contribution is 0.0867. The monoisotopic (exact) mass is 313 g/mol. The molecule has 1 fully saturated rings. The van der Waals surface area contributed by atoms with Gasteiger partial charge in [-0.3, -0.25) is 4.79 Å². The third-order valence-electron chi connectivity index (χ3n) is 4.14.